The highest BCUT2D eigenvalue weighted by molar-refractivity contribution is 7.89. The third-order valence-electron chi connectivity index (χ3n) is 8.50. The molecular formula is C39H45N5O7S. The molecule has 1 heterocycles. The molecule has 0 aliphatic rings. The molecule has 0 fully saturated rings. The number of hydrogen-bond acceptors (Lipinski definition) is 8. The Balaban J connectivity index is 1.34. The van der Waals surface area contributed by atoms with Crippen LogP contribution in [-0.4, -0.2) is 78.6 Å². The fraction of sp³-hybridized carbons (Fsp3) is 0.308. The summed E-state index contributed by atoms with van der Waals surface area (Å²) in [6.45, 7) is 7.14. The van der Waals surface area contributed by atoms with Gasteiger partial charge >= 0.3 is 0 Å². The Morgan fingerprint density at radius 2 is 1.62 bits per heavy atom. The normalized spacial score (nSPS) is 12.8. The van der Waals surface area contributed by atoms with Gasteiger partial charge in [-0.2, -0.15) is 4.31 Å². The highest BCUT2D eigenvalue weighted by Gasteiger charge is 2.32. The Bertz CT molecular complexity index is 2080. The van der Waals surface area contributed by atoms with Crippen LogP contribution in [0.15, 0.2) is 95.9 Å². The molecule has 0 spiro atoms. The Morgan fingerprint density at radius 1 is 0.923 bits per heavy atom. The highest BCUT2D eigenvalue weighted by atomic mass is 32.2. The number of aliphatic hydroxyl groups is 1. The first-order valence-electron chi connectivity index (χ1n) is 17.0. The van der Waals surface area contributed by atoms with Crippen LogP contribution < -0.4 is 20.1 Å². The number of anilines is 1. The molecule has 0 bridgehead atoms. The van der Waals surface area contributed by atoms with Crippen molar-refractivity contribution in [1.29, 1.82) is 0 Å². The molecule has 0 aliphatic heterocycles. The second-order valence-electron chi connectivity index (χ2n) is 13.1. The van der Waals surface area contributed by atoms with Crippen molar-refractivity contribution in [1.82, 2.24) is 19.6 Å². The lowest BCUT2D eigenvalue weighted by atomic mass is 10.0. The number of aromatic amines is 1. The van der Waals surface area contributed by atoms with Crippen molar-refractivity contribution in [2.75, 3.05) is 32.1 Å². The molecule has 4 N–H and O–H groups in total. The number of aliphatic hydroxyl groups excluding tert-OH is 1. The van der Waals surface area contributed by atoms with Crippen LogP contribution in [0.2, 0.25) is 0 Å². The van der Waals surface area contributed by atoms with Crippen LogP contribution >= 0.6 is 0 Å². The summed E-state index contributed by atoms with van der Waals surface area (Å²) in [5.41, 5.74) is 3.89. The summed E-state index contributed by atoms with van der Waals surface area (Å²) in [7, 11) is -2.61. The van der Waals surface area contributed by atoms with Crippen molar-refractivity contribution in [3.8, 4) is 11.5 Å². The van der Waals surface area contributed by atoms with Crippen molar-refractivity contribution in [3.63, 3.8) is 0 Å². The van der Waals surface area contributed by atoms with E-state index in [9.17, 15) is 23.1 Å². The third-order valence-corrected chi connectivity index (χ3v) is 10.3. The van der Waals surface area contributed by atoms with E-state index < -0.39 is 34.0 Å². The molecule has 13 heteroatoms. The summed E-state index contributed by atoms with van der Waals surface area (Å²) < 4.78 is 40.6. The van der Waals surface area contributed by atoms with Gasteiger partial charge in [0.05, 0.1) is 35.2 Å². The van der Waals surface area contributed by atoms with Gasteiger partial charge in [-0.25, -0.2) is 13.4 Å². The standard InChI is InChI=1S/C39H45N5O7S/c1-25(2)22-44(23-35(45)34(20-28-12-7-6-8-13-28)40-36(46)24-51-37-26(3)10-9-11-27(37)4)52(48,49)31-18-19-32-33(21-31)42-39(41-32)43-38(47)29-14-16-30(50-5)17-15-29/h6-19,21,25,34-35,45H,20,22-24H2,1-5H3,(H,40,46)(H2,41,42,43,47)/t34-,35+/m0/s1. The summed E-state index contributed by atoms with van der Waals surface area (Å²) >= 11 is 0. The number of aryl methyl sites for hydroxylation is 2. The van der Waals surface area contributed by atoms with E-state index in [1.165, 1.54) is 23.5 Å². The zero-order valence-corrected chi connectivity index (χ0v) is 30.7. The maximum absolute atomic E-state index is 14.2. The molecule has 4 aromatic carbocycles. The summed E-state index contributed by atoms with van der Waals surface area (Å²) in [6.07, 6.45) is -1.01. The van der Waals surface area contributed by atoms with Crippen LogP contribution in [0, 0.1) is 19.8 Å². The molecule has 0 saturated carbocycles. The number of sulfonamides is 1. The lowest BCUT2D eigenvalue weighted by Crippen LogP contribution is -2.52. The van der Waals surface area contributed by atoms with Crippen molar-refractivity contribution in [3.05, 3.63) is 113 Å². The number of ether oxygens (including phenoxy) is 2. The second-order valence-corrected chi connectivity index (χ2v) is 15.0. The number of benzene rings is 4. The average Bonchev–Trinajstić information content (AvgIpc) is 3.52. The number of para-hydroxylation sites is 1. The number of H-pyrrole nitrogens is 1. The predicted octanol–water partition coefficient (Wildman–Crippen LogP) is 5.25. The first kappa shape index (κ1) is 38.0. The lowest BCUT2D eigenvalue weighted by molar-refractivity contribution is -0.124. The molecule has 1 aromatic heterocycles. The quantitative estimate of drug-likeness (QED) is 0.107. The first-order chi connectivity index (χ1) is 24.8. The number of aromatic nitrogens is 2. The summed E-state index contributed by atoms with van der Waals surface area (Å²) in [5, 5.41) is 17.2. The number of imidazole rings is 1. The van der Waals surface area contributed by atoms with Crippen LogP contribution in [-0.2, 0) is 21.2 Å². The van der Waals surface area contributed by atoms with Gasteiger partial charge in [0.1, 0.15) is 11.5 Å². The van der Waals surface area contributed by atoms with Crippen LogP contribution in [0.3, 0.4) is 0 Å². The fourth-order valence-electron chi connectivity index (χ4n) is 5.86. The average molecular weight is 728 g/mol. The van der Waals surface area contributed by atoms with Crippen LogP contribution in [0.5, 0.6) is 11.5 Å². The number of nitrogens with zero attached hydrogens (tertiary/aromatic N) is 2. The van der Waals surface area contributed by atoms with E-state index in [1.54, 1.807) is 30.3 Å². The van der Waals surface area contributed by atoms with E-state index in [4.69, 9.17) is 9.47 Å². The van der Waals surface area contributed by atoms with Crippen LogP contribution in [0.4, 0.5) is 5.95 Å². The van der Waals surface area contributed by atoms with E-state index in [-0.39, 0.29) is 42.9 Å². The van der Waals surface area contributed by atoms with Gasteiger partial charge in [-0.15, -0.1) is 0 Å². The first-order valence-corrected chi connectivity index (χ1v) is 18.4. The Kier molecular flexibility index (Phi) is 12.3. The SMILES string of the molecule is COc1ccc(C(=O)Nc2nc3ccc(S(=O)(=O)N(CC(C)C)C[C@@H](O)[C@H](Cc4ccccc4)NC(=O)COc4c(C)cccc4C)cc3[nH]2)cc1. The number of carbonyl (C=O) groups excluding carboxylic acids is 2. The minimum Gasteiger partial charge on any atom is -0.497 e. The van der Waals surface area contributed by atoms with Crippen molar-refractivity contribution >= 4 is 38.8 Å². The molecule has 2 atom stereocenters. The van der Waals surface area contributed by atoms with Gasteiger partial charge in [0.2, 0.25) is 16.0 Å². The predicted molar refractivity (Wildman–Crippen MR) is 200 cm³/mol. The van der Waals surface area contributed by atoms with Gasteiger partial charge in [-0.3, -0.25) is 14.9 Å². The fourth-order valence-corrected chi connectivity index (χ4v) is 7.51. The molecule has 0 unspecified atom stereocenters. The van der Waals surface area contributed by atoms with Crippen molar-refractivity contribution in [2.45, 2.75) is 51.2 Å². The highest BCUT2D eigenvalue weighted by Crippen LogP contribution is 2.25. The Labute approximate surface area is 304 Å². The number of fused-ring (bicyclic) bond motifs is 1. The molecule has 0 radical (unpaired) electrons. The molecule has 5 aromatic rings. The van der Waals surface area contributed by atoms with E-state index >= 15 is 0 Å². The number of amides is 2. The summed E-state index contributed by atoms with van der Waals surface area (Å²) in [4.78, 5) is 33.4. The van der Waals surface area contributed by atoms with Gasteiger partial charge in [-0.1, -0.05) is 62.4 Å². The molecule has 274 valence electrons. The maximum Gasteiger partial charge on any atom is 0.258 e. The zero-order valence-electron chi connectivity index (χ0n) is 29.9. The van der Waals surface area contributed by atoms with Gasteiger partial charge in [-0.05, 0) is 85.3 Å². The number of methoxy groups -OCH3 is 1. The van der Waals surface area contributed by atoms with Gasteiger partial charge in [0, 0.05) is 18.7 Å². The minimum atomic E-state index is -4.15. The van der Waals surface area contributed by atoms with E-state index in [1.807, 2.05) is 76.2 Å². The zero-order chi connectivity index (χ0) is 37.4. The van der Waals surface area contributed by atoms with Crippen molar-refractivity contribution in [2.24, 2.45) is 5.92 Å². The number of rotatable bonds is 16. The molecule has 5 rings (SSSR count). The molecule has 52 heavy (non-hydrogen) atoms. The van der Waals surface area contributed by atoms with Crippen LogP contribution in [0.1, 0.15) is 40.9 Å². The van der Waals surface area contributed by atoms with E-state index in [0.29, 0.717) is 28.1 Å². The lowest BCUT2D eigenvalue weighted by Gasteiger charge is -2.30. The number of hydrogen-bond donors (Lipinski definition) is 4. The molecule has 12 nitrogen and oxygen atoms in total. The van der Waals surface area contributed by atoms with E-state index in [0.717, 1.165) is 16.7 Å². The summed E-state index contributed by atoms with van der Waals surface area (Å²) in [6, 6.07) is 25.3. The molecule has 0 saturated heterocycles. The second kappa shape index (κ2) is 16.9. The molecule has 2 amide bonds. The van der Waals surface area contributed by atoms with Gasteiger partial charge < -0.3 is 24.9 Å². The third kappa shape index (κ3) is 9.55. The monoisotopic (exact) mass is 727 g/mol. The molecular weight excluding hydrogens is 683 g/mol. The largest absolute Gasteiger partial charge is 0.497 e. The number of nitrogens with one attached hydrogen (secondary N) is 3. The van der Waals surface area contributed by atoms with Crippen LogP contribution in [0.25, 0.3) is 11.0 Å². The van der Waals surface area contributed by atoms with Gasteiger partial charge in [0.15, 0.2) is 6.61 Å². The topological polar surface area (TPSA) is 163 Å². The Hall–Kier alpha value is -5.24. The van der Waals surface area contributed by atoms with Crippen molar-refractivity contribution < 1.29 is 32.6 Å². The van der Waals surface area contributed by atoms with E-state index in [2.05, 4.69) is 20.6 Å². The minimum absolute atomic E-state index is 0.0184. The maximum atomic E-state index is 14.2. The summed E-state index contributed by atoms with van der Waals surface area (Å²) in [5.74, 6) is 0.462. The number of carbonyl (C=O) groups is 2. The molecule has 0 aliphatic carbocycles. The van der Waals surface area contributed by atoms with Gasteiger partial charge in [0.25, 0.3) is 11.8 Å². The Morgan fingerprint density at radius 3 is 2.27 bits per heavy atom. The smallest absolute Gasteiger partial charge is 0.258 e.